The van der Waals surface area contributed by atoms with Gasteiger partial charge in [-0.15, -0.1) is 0 Å². The lowest BCUT2D eigenvalue weighted by molar-refractivity contribution is -0.140. The molecule has 7 nitrogen and oxygen atoms in total. The van der Waals surface area contributed by atoms with Gasteiger partial charge in [-0.3, -0.25) is 14.4 Å². The average molecular weight is 376 g/mol. The predicted molar refractivity (Wildman–Crippen MR) is 103 cm³/mol. The number of aromatic nitrogens is 1. The van der Waals surface area contributed by atoms with E-state index in [2.05, 4.69) is 17.3 Å². The van der Waals surface area contributed by atoms with E-state index in [-0.39, 0.29) is 47.8 Å². The van der Waals surface area contributed by atoms with Crippen LogP contribution >= 0.6 is 0 Å². The Morgan fingerprint density at radius 1 is 1.14 bits per heavy atom. The molecule has 2 N–H and O–H groups in total. The number of carbonyl (C=O) groups is 3. The SMILES string of the molecule is NC(=O)CCn1cc(/C=N/N2C(=O)C3C4C=CC(C4)C3C2=O)c2ccccc21. The zero-order valence-electron chi connectivity index (χ0n) is 15.2. The fraction of sp³-hybridized carbons (Fsp3) is 0.333. The van der Waals surface area contributed by atoms with Gasteiger partial charge in [0.2, 0.25) is 5.91 Å². The number of imide groups is 1. The second-order valence-electron chi connectivity index (χ2n) is 7.74. The van der Waals surface area contributed by atoms with Crippen molar-refractivity contribution in [1.29, 1.82) is 0 Å². The summed E-state index contributed by atoms with van der Waals surface area (Å²) in [7, 11) is 0. The molecule has 2 fully saturated rings. The highest BCUT2D eigenvalue weighted by atomic mass is 16.2. The van der Waals surface area contributed by atoms with Crippen LogP contribution in [0.2, 0.25) is 0 Å². The van der Waals surface area contributed by atoms with E-state index in [1.807, 2.05) is 35.0 Å². The molecular formula is C21H20N4O3. The first kappa shape index (κ1) is 16.9. The Morgan fingerprint density at radius 3 is 2.50 bits per heavy atom. The molecule has 3 amide bonds. The molecule has 0 spiro atoms. The van der Waals surface area contributed by atoms with Gasteiger partial charge in [-0.2, -0.15) is 10.1 Å². The lowest BCUT2D eigenvalue weighted by atomic mass is 9.85. The second-order valence-corrected chi connectivity index (χ2v) is 7.74. The molecule has 7 heteroatoms. The van der Waals surface area contributed by atoms with Crippen molar-refractivity contribution in [2.75, 3.05) is 0 Å². The molecule has 1 aromatic carbocycles. The normalized spacial score (nSPS) is 28.2. The van der Waals surface area contributed by atoms with Gasteiger partial charge in [0.25, 0.3) is 11.8 Å². The van der Waals surface area contributed by atoms with E-state index in [0.29, 0.717) is 6.54 Å². The van der Waals surface area contributed by atoms with Crippen molar-refractivity contribution in [2.45, 2.75) is 19.4 Å². The largest absolute Gasteiger partial charge is 0.370 e. The first-order valence-corrected chi connectivity index (χ1v) is 9.51. The lowest BCUT2D eigenvalue weighted by Gasteiger charge is -2.13. The number of fused-ring (bicyclic) bond motifs is 6. The smallest absolute Gasteiger partial charge is 0.254 e. The van der Waals surface area contributed by atoms with Crippen molar-refractivity contribution in [1.82, 2.24) is 9.58 Å². The molecule has 4 atom stereocenters. The number of carbonyl (C=O) groups excluding carboxylic acids is 3. The zero-order valence-corrected chi connectivity index (χ0v) is 15.2. The molecule has 1 aliphatic heterocycles. The standard InChI is InChI=1S/C21H20N4O3/c22-17(26)7-8-24-11-14(15-3-1-2-4-16(15)24)10-23-25-20(27)18-12-5-6-13(9-12)19(18)21(25)28/h1-6,10-13,18-19H,7-9H2,(H2,22,26)/b23-10+. The molecule has 0 radical (unpaired) electrons. The monoisotopic (exact) mass is 376 g/mol. The van der Waals surface area contributed by atoms with Gasteiger partial charge in [0.15, 0.2) is 0 Å². The van der Waals surface area contributed by atoms with Gasteiger partial charge in [0.1, 0.15) is 0 Å². The molecule has 4 unspecified atom stereocenters. The molecule has 1 saturated carbocycles. The van der Waals surface area contributed by atoms with E-state index in [1.165, 1.54) is 0 Å². The van der Waals surface area contributed by atoms with Crippen LogP contribution in [-0.2, 0) is 20.9 Å². The first-order valence-electron chi connectivity index (χ1n) is 9.51. The van der Waals surface area contributed by atoms with Crippen LogP contribution in [0.25, 0.3) is 10.9 Å². The Kier molecular flexibility index (Phi) is 3.72. The average Bonchev–Trinajstić information content (AvgIpc) is 3.42. The van der Waals surface area contributed by atoms with Crippen molar-refractivity contribution in [3.63, 3.8) is 0 Å². The molecule has 28 heavy (non-hydrogen) atoms. The van der Waals surface area contributed by atoms with Gasteiger partial charge >= 0.3 is 0 Å². The van der Waals surface area contributed by atoms with Gasteiger partial charge < -0.3 is 10.3 Å². The van der Waals surface area contributed by atoms with Crippen LogP contribution in [0.3, 0.4) is 0 Å². The van der Waals surface area contributed by atoms with Crippen LogP contribution in [0.5, 0.6) is 0 Å². The fourth-order valence-electron chi connectivity index (χ4n) is 4.91. The number of hydrazone groups is 1. The third-order valence-electron chi connectivity index (χ3n) is 6.18. The van der Waals surface area contributed by atoms with E-state index >= 15 is 0 Å². The number of nitrogens with two attached hydrogens (primary N) is 1. The molecule has 2 aliphatic carbocycles. The summed E-state index contributed by atoms with van der Waals surface area (Å²) >= 11 is 0. The lowest BCUT2D eigenvalue weighted by Crippen LogP contribution is -2.28. The summed E-state index contributed by atoms with van der Waals surface area (Å²) in [6.45, 7) is 0.463. The van der Waals surface area contributed by atoms with Gasteiger partial charge in [-0.25, -0.2) is 0 Å². The van der Waals surface area contributed by atoms with E-state index < -0.39 is 0 Å². The summed E-state index contributed by atoms with van der Waals surface area (Å²) < 4.78 is 1.94. The van der Waals surface area contributed by atoms with E-state index in [4.69, 9.17) is 5.73 Å². The quantitative estimate of drug-likeness (QED) is 0.488. The Morgan fingerprint density at radius 2 is 1.82 bits per heavy atom. The van der Waals surface area contributed by atoms with Crippen molar-refractivity contribution < 1.29 is 14.4 Å². The number of aryl methyl sites for hydroxylation is 1. The summed E-state index contributed by atoms with van der Waals surface area (Å²) in [4.78, 5) is 36.6. The zero-order chi connectivity index (χ0) is 19.4. The maximum Gasteiger partial charge on any atom is 0.254 e. The molecule has 2 heterocycles. The molecule has 5 rings (SSSR count). The molecule has 2 bridgehead atoms. The topological polar surface area (TPSA) is 97.8 Å². The number of primary amides is 1. The highest BCUT2D eigenvalue weighted by molar-refractivity contribution is 6.07. The van der Waals surface area contributed by atoms with Crippen molar-refractivity contribution >= 4 is 34.8 Å². The summed E-state index contributed by atoms with van der Waals surface area (Å²) in [5.41, 5.74) is 7.01. The highest BCUT2D eigenvalue weighted by Gasteiger charge is 2.59. The minimum atomic E-state index is -0.365. The molecule has 1 saturated heterocycles. The Balaban J connectivity index is 1.44. The Hall–Kier alpha value is -3.22. The number of rotatable bonds is 5. The summed E-state index contributed by atoms with van der Waals surface area (Å²) in [5, 5.41) is 6.26. The molecule has 2 aromatic rings. The number of hydrogen-bond donors (Lipinski definition) is 1. The van der Waals surface area contributed by atoms with Crippen molar-refractivity contribution in [2.24, 2.45) is 34.5 Å². The number of nitrogens with zero attached hydrogens (tertiary/aromatic N) is 3. The molecule has 1 aromatic heterocycles. The van der Waals surface area contributed by atoms with E-state index in [9.17, 15) is 14.4 Å². The van der Waals surface area contributed by atoms with Gasteiger partial charge in [-0.05, 0) is 24.3 Å². The van der Waals surface area contributed by atoms with Crippen LogP contribution in [0, 0.1) is 23.7 Å². The molecule has 3 aliphatic rings. The molecular weight excluding hydrogens is 356 g/mol. The first-order chi connectivity index (χ1) is 13.5. The van der Waals surface area contributed by atoms with Crippen LogP contribution in [0.15, 0.2) is 47.7 Å². The van der Waals surface area contributed by atoms with Crippen LogP contribution in [0.4, 0.5) is 0 Å². The number of hydrogen-bond acceptors (Lipinski definition) is 4. The number of amides is 3. The fourth-order valence-corrected chi connectivity index (χ4v) is 4.91. The van der Waals surface area contributed by atoms with Gasteiger partial charge in [0.05, 0.1) is 18.1 Å². The Bertz CT molecular complexity index is 1040. The summed E-state index contributed by atoms with van der Waals surface area (Å²) in [6, 6.07) is 7.73. The summed E-state index contributed by atoms with van der Waals surface area (Å²) in [6.07, 6.45) is 8.70. The van der Waals surface area contributed by atoms with E-state index in [1.54, 1.807) is 6.21 Å². The summed E-state index contributed by atoms with van der Waals surface area (Å²) in [5.74, 6) is -0.921. The van der Waals surface area contributed by atoms with Gasteiger partial charge in [0, 0.05) is 35.6 Å². The predicted octanol–water partition coefficient (Wildman–Crippen LogP) is 1.66. The number of benzene rings is 1. The van der Waals surface area contributed by atoms with Crippen LogP contribution < -0.4 is 5.73 Å². The number of allylic oxidation sites excluding steroid dienone is 2. The third kappa shape index (κ3) is 2.42. The maximum atomic E-state index is 12.8. The third-order valence-corrected chi connectivity index (χ3v) is 6.18. The molecule has 142 valence electrons. The van der Waals surface area contributed by atoms with Crippen LogP contribution in [0.1, 0.15) is 18.4 Å². The second kappa shape index (κ2) is 6.15. The van der Waals surface area contributed by atoms with Crippen molar-refractivity contribution in [3.05, 3.63) is 48.2 Å². The minimum absolute atomic E-state index is 0.169. The van der Waals surface area contributed by atoms with Crippen LogP contribution in [-0.4, -0.2) is 33.5 Å². The number of para-hydroxylation sites is 1. The van der Waals surface area contributed by atoms with Gasteiger partial charge in [-0.1, -0.05) is 30.4 Å². The minimum Gasteiger partial charge on any atom is -0.370 e. The van der Waals surface area contributed by atoms with E-state index in [0.717, 1.165) is 27.9 Å². The highest BCUT2D eigenvalue weighted by Crippen LogP contribution is 2.52. The maximum absolute atomic E-state index is 12.8. The Labute approximate surface area is 161 Å². The van der Waals surface area contributed by atoms with Crippen molar-refractivity contribution in [3.8, 4) is 0 Å².